The molecule has 2 aliphatic heterocycles. The van der Waals surface area contributed by atoms with Crippen LogP contribution >= 0.6 is 0 Å². The first kappa shape index (κ1) is 13.1. The zero-order chi connectivity index (χ0) is 13.1. The number of rotatable bonds is 3. The normalized spacial score (nSPS) is 28.1. The lowest BCUT2D eigenvalue weighted by Crippen LogP contribution is -2.48. The highest BCUT2D eigenvalue weighted by atomic mass is 15.1. The Morgan fingerprint density at radius 2 is 2.11 bits per heavy atom. The molecule has 0 radical (unpaired) electrons. The lowest BCUT2D eigenvalue weighted by molar-refractivity contribution is 0.103. The Labute approximate surface area is 117 Å². The van der Waals surface area contributed by atoms with Crippen molar-refractivity contribution in [1.29, 1.82) is 0 Å². The number of piperidine rings is 1. The molecule has 1 atom stereocenters. The van der Waals surface area contributed by atoms with Gasteiger partial charge in [0.05, 0.1) is 0 Å². The van der Waals surface area contributed by atoms with Gasteiger partial charge in [-0.15, -0.1) is 0 Å². The van der Waals surface area contributed by atoms with Gasteiger partial charge in [-0.3, -0.25) is 4.90 Å². The molecule has 0 aromatic heterocycles. The number of hydrogen-bond acceptors (Lipinski definition) is 2. The SMILES string of the molecule is CCC1(CN2CCc3ccccc3C2)CCCNC1. The number of benzene rings is 1. The lowest BCUT2D eigenvalue weighted by Gasteiger charge is -2.42. The molecule has 1 aromatic carbocycles. The largest absolute Gasteiger partial charge is 0.316 e. The van der Waals surface area contributed by atoms with Gasteiger partial charge in [-0.1, -0.05) is 31.2 Å². The predicted octanol–water partition coefficient (Wildman–Crippen LogP) is 2.82. The smallest absolute Gasteiger partial charge is 0.0236 e. The van der Waals surface area contributed by atoms with Crippen LogP contribution in [0.15, 0.2) is 24.3 Å². The van der Waals surface area contributed by atoms with Crippen LogP contribution in [0.25, 0.3) is 0 Å². The number of nitrogens with one attached hydrogen (secondary N) is 1. The summed E-state index contributed by atoms with van der Waals surface area (Å²) < 4.78 is 0. The minimum Gasteiger partial charge on any atom is -0.316 e. The zero-order valence-corrected chi connectivity index (χ0v) is 12.1. The maximum absolute atomic E-state index is 3.61. The second-order valence-electron chi connectivity index (χ2n) is 6.36. The molecule has 2 heterocycles. The van der Waals surface area contributed by atoms with E-state index in [1.165, 1.54) is 51.9 Å². The third-order valence-electron chi connectivity index (χ3n) is 5.08. The van der Waals surface area contributed by atoms with Crippen LogP contribution in [0, 0.1) is 5.41 Å². The Hall–Kier alpha value is -0.860. The molecular formula is C17H26N2. The number of hydrogen-bond donors (Lipinski definition) is 1. The summed E-state index contributed by atoms with van der Waals surface area (Å²) in [5.41, 5.74) is 3.62. The van der Waals surface area contributed by atoms with Crippen molar-refractivity contribution in [2.45, 2.75) is 39.2 Å². The predicted molar refractivity (Wildman–Crippen MR) is 80.3 cm³/mol. The van der Waals surface area contributed by atoms with E-state index in [1.54, 1.807) is 11.1 Å². The quantitative estimate of drug-likeness (QED) is 0.897. The van der Waals surface area contributed by atoms with E-state index < -0.39 is 0 Å². The van der Waals surface area contributed by atoms with E-state index in [0.29, 0.717) is 5.41 Å². The van der Waals surface area contributed by atoms with Crippen LogP contribution in [0.2, 0.25) is 0 Å². The van der Waals surface area contributed by atoms with Gasteiger partial charge in [0.2, 0.25) is 0 Å². The fraction of sp³-hybridized carbons (Fsp3) is 0.647. The third-order valence-corrected chi connectivity index (χ3v) is 5.08. The summed E-state index contributed by atoms with van der Waals surface area (Å²) in [6.07, 6.45) is 5.27. The van der Waals surface area contributed by atoms with Gasteiger partial charge in [-0.25, -0.2) is 0 Å². The van der Waals surface area contributed by atoms with Gasteiger partial charge in [0.15, 0.2) is 0 Å². The maximum Gasteiger partial charge on any atom is 0.0236 e. The average molecular weight is 258 g/mol. The van der Waals surface area contributed by atoms with Crippen LogP contribution in [0.5, 0.6) is 0 Å². The van der Waals surface area contributed by atoms with Crippen LogP contribution in [0.1, 0.15) is 37.3 Å². The molecule has 1 aromatic rings. The van der Waals surface area contributed by atoms with Gasteiger partial charge in [0.25, 0.3) is 0 Å². The van der Waals surface area contributed by atoms with E-state index in [-0.39, 0.29) is 0 Å². The molecule has 104 valence electrons. The summed E-state index contributed by atoms with van der Waals surface area (Å²) in [5, 5.41) is 3.61. The van der Waals surface area contributed by atoms with E-state index >= 15 is 0 Å². The van der Waals surface area contributed by atoms with Gasteiger partial charge in [-0.2, -0.15) is 0 Å². The molecule has 0 saturated carbocycles. The summed E-state index contributed by atoms with van der Waals surface area (Å²) in [7, 11) is 0. The molecule has 1 unspecified atom stereocenters. The fourth-order valence-corrected chi connectivity index (χ4v) is 3.74. The second kappa shape index (κ2) is 5.64. The molecule has 1 N–H and O–H groups in total. The fourth-order valence-electron chi connectivity index (χ4n) is 3.74. The van der Waals surface area contributed by atoms with E-state index in [2.05, 4.69) is 41.4 Å². The van der Waals surface area contributed by atoms with Crippen molar-refractivity contribution in [2.75, 3.05) is 26.2 Å². The first-order valence-corrected chi connectivity index (χ1v) is 7.81. The molecule has 0 amide bonds. The Bertz CT molecular complexity index is 421. The van der Waals surface area contributed by atoms with Crippen molar-refractivity contribution in [3.8, 4) is 0 Å². The molecule has 3 rings (SSSR count). The van der Waals surface area contributed by atoms with Crippen molar-refractivity contribution >= 4 is 0 Å². The van der Waals surface area contributed by atoms with Gasteiger partial charge >= 0.3 is 0 Å². The molecule has 0 spiro atoms. The summed E-state index contributed by atoms with van der Waals surface area (Å²) in [6.45, 7) is 8.44. The lowest BCUT2D eigenvalue weighted by atomic mass is 9.77. The Kier molecular flexibility index (Phi) is 3.90. The first-order chi connectivity index (χ1) is 9.31. The molecular weight excluding hydrogens is 232 g/mol. The minimum atomic E-state index is 0.518. The van der Waals surface area contributed by atoms with E-state index in [9.17, 15) is 0 Å². The Balaban J connectivity index is 1.68. The van der Waals surface area contributed by atoms with Crippen LogP contribution in [-0.4, -0.2) is 31.1 Å². The highest BCUT2D eigenvalue weighted by Gasteiger charge is 2.32. The van der Waals surface area contributed by atoms with Crippen molar-refractivity contribution < 1.29 is 0 Å². The van der Waals surface area contributed by atoms with Gasteiger partial charge in [0, 0.05) is 26.2 Å². The summed E-state index contributed by atoms with van der Waals surface area (Å²) in [4.78, 5) is 2.68. The van der Waals surface area contributed by atoms with Gasteiger partial charge < -0.3 is 5.32 Å². The van der Waals surface area contributed by atoms with Crippen molar-refractivity contribution in [3.05, 3.63) is 35.4 Å². The molecule has 2 heteroatoms. The first-order valence-electron chi connectivity index (χ1n) is 7.81. The summed E-state index contributed by atoms with van der Waals surface area (Å²) in [6, 6.07) is 8.96. The van der Waals surface area contributed by atoms with Crippen LogP contribution in [0.3, 0.4) is 0 Å². The van der Waals surface area contributed by atoms with Crippen molar-refractivity contribution in [2.24, 2.45) is 5.41 Å². The molecule has 0 bridgehead atoms. The molecule has 2 aliphatic rings. The Morgan fingerprint density at radius 1 is 1.26 bits per heavy atom. The van der Waals surface area contributed by atoms with Crippen LogP contribution in [-0.2, 0) is 13.0 Å². The van der Waals surface area contributed by atoms with E-state index in [1.807, 2.05) is 0 Å². The van der Waals surface area contributed by atoms with Crippen LogP contribution in [0.4, 0.5) is 0 Å². The second-order valence-corrected chi connectivity index (χ2v) is 6.36. The van der Waals surface area contributed by atoms with Gasteiger partial charge in [0.1, 0.15) is 0 Å². The molecule has 1 saturated heterocycles. The summed E-state index contributed by atoms with van der Waals surface area (Å²) >= 11 is 0. The molecule has 2 nitrogen and oxygen atoms in total. The Morgan fingerprint density at radius 3 is 2.84 bits per heavy atom. The molecule has 0 aliphatic carbocycles. The monoisotopic (exact) mass is 258 g/mol. The number of nitrogens with zero attached hydrogens (tertiary/aromatic N) is 1. The van der Waals surface area contributed by atoms with E-state index in [4.69, 9.17) is 0 Å². The molecule has 19 heavy (non-hydrogen) atoms. The average Bonchev–Trinajstić information content (AvgIpc) is 2.48. The standard InChI is InChI=1S/C17H26N2/c1-2-17(9-5-10-18-13-17)14-19-11-8-15-6-3-4-7-16(15)12-19/h3-4,6-7,18H,2,5,8-14H2,1H3. The summed E-state index contributed by atoms with van der Waals surface area (Å²) in [5.74, 6) is 0. The van der Waals surface area contributed by atoms with Crippen molar-refractivity contribution in [3.63, 3.8) is 0 Å². The number of fused-ring (bicyclic) bond motifs is 1. The molecule has 1 fully saturated rings. The van der Waals surface area contributed by atoms with Crippen molar-refractivity contribution in [1.82, 2.24) is 10.2 Å². The van der Waals surface area contributed by atoms with E-state index in [0.717, 1.165) is 6.54 Å². The van der Waals surface area contributed by atoms with Crippen LogP contribution < -0.4 is 5.32 Å². The maximum atomic E-state index is 3.61. The highest BCUT2D eigenvalue weighted by Crippen LogP contribution is 2.32. The minimum absolute atomic E-state index is 0.518. The third kappa shape index (κ3) is 2.85. The highest BCUT2D eigenvalue weighted by molar-refractivity contribution is 5.29. The van der Waals surface area contributed by atoms with Gasteiger partial charge in [-0.05, 0) is 48.8 Å². The topological polar surface area (TPSA) is 15.3 Å². The zero-order valence-electron chi connectivity index (χ0n) is 12.1.